The Hall–Kier alpha value is -1.50. The molecule has 0 fully saturated rings. The minimum Gasteiger partial charge on any atom is -0.493 e. The van der Waals surface area contributed by atoms with Crippen LogP contribution in [0.5, 0.6) is 5.88 Å². The zero-order valence-corrected chi connectivity index (χ0v) is 13.9. The zero-order chi connectivity index (χ0) is 16.2. The molecule has 21 heavy (non-hydrogen) atoms. The van der Waals surface area contributed by atoms with Crippen LogP contribution in [0.3, 0.4) is 0 Å². The van der Waals surface area contributed by atoms with Crippen LogP contribution in [0.25, 0.3) is 0 Å². The molecule has 0 bridgehead atoms. The number of rotatable bonds is 5. The van der Waals surface area contributed by atoms with Gasteiger partial charge in [-0.05, 0) is 33.1 Å². The lowest BCUT2D eigenvalue weighted by molar-refractivity contribution is -0.119. The average molecular weight is 313 g/mol. The van der Waals surface area contributed by atoms with Gasteiger partial charge in [-0.3, -0.25) is 9.59 Å². The van der Waals surface area contributed by atoms with Gasteiger partial charge in [0, 0.05) is 5.54 Å². The smallest absolute Gasteiger partial charge is 0.258 e. The number of aromatic hydroxyl groups is 1. The molecular formula is C14H23N3O3S. The summed E-state index contributed by atoms with van der Waals surface area (Å²) >= 11 is 1.09. The van der Waals surface area contributed by atoms with Crippen LogP contribution in [0, 0.1) is 0 Å². The van der Waals surface area contributed by atoms with Crippen LogP contribution in [-0.2, 0) is 4.79 Å². The molecule has 1 aromatic heterocycles. The van der Waals surface area contributed by atoms with Crippen LogP contribution in [-0.4, -0.2) is 32.3 Å². The maximum atomic E-state index is 12.0. The van der Waals surface area contributed by atoms with E-state index in [1.807, 2.05) is 34.6 Å². The van der Waals surface area contributed by atoms with Crippen LogP contribution >= 0.6 is 11.8 Å². The molecule has 1 heterocycles. The van der Waals surface area contributed by atoms with Gasteiger partial charge < -0.3 is 15.4 Å². The number of aromatic nitrogens is 2. The molecule has 0 aliphatic rings. The van der Waals surface area contributed by atoms with Gasteiger partial charge in [0.25, 0.3) is 5.56 Å². The molecule has 1 amide bonds. The van der Waals surface area contributed by atoms with Gasteiger partial charge in [0.1, 0.15) is 0 Å². The van der Waals surface area contributed by atoms with Crippen molar-refractivity contribution in [3.8, 4) is 5.88 Å². The van der Waals surface area contributed by atoms with E-state index in [4.69, 9.17) is 0 Å². The monoisotopic (exact) mass is 313 g/mol. The fourth-order valence-corrected chi connectivity index (χ4v) is 2.41. The maximum absolute atomic E-state index is 12.0. The Morgan fingerprint density at radius 1 is 1.48 bits per heavy atom. The van der Waals surface area contributed by atoms with E-state index in [9.17, 15) is 14.7 Å². The first-order chi connectivity index (χ1) is 9.64. The number of nitrogens with zero attached hydrogens (tertiary/aromatic N) is 1. The molecule has 0 aliphatic carbocycles. The van der Waals surface area contributed by atoms with E-state index in [1.54, 1.807) is 0 Å². The normalized spacial score (nSPS) is 13.0. The van der Waals surface area contributed by atoms with Crippen LogP contribution in [0.1, 0.15) is 52.5 Å². The van der Waals surface area contributed by atoms with E-state index in [1.165, 1.54) is 0 Å². The highest BCUT2D eigenvalue weighted by Gasteiger charge is 2.18. The first kappa shape index (κ1) is 17.6. The minimum absolute atomic E-state index is 0.0653. The van der Waals surface area contributed by atoms with E-state index in [0.29, 0.717) is 5.56 Å². The summed E-state index contributed by atoms with van der Waals surface area (Å²) in [5, 5.41) is 12.9. The molecule has 118 valence electrons. The highest BCUT2D eigenvalue weighted by Crippen LogP contribution is 2.24. The number of hydrogen-bond acceptors (Lipinski definition) is 5. The summed E-state index contributed by atoms with van der Waals surface area (Å²) in [6.07, 6.45) is 0.735. The summed E-state index contributed by atoms with van der Waals surface area (Å²) in [6.45, 7) is 9.46. The van der Waals surface area contributed by atoms with Gasteiger partial charge in [-0.2, -0.15) is 4.98 Å². The highest BCUT2D eigenvalue weighted by molar-refractivity contribution is 7.99. The second kappa shape index (κ2) is 6.98. The third-order valence-electron chi connectivity index (χ3n) is 2.87. The topological polar surface area (TPSA) is 95.1 Å². The molecule has 0 aromatic carbocycles. The van der Waals surface area contributed by atoms with Crippen LogP contribution in [0.4, 0.5) is 0 Å². The number of carbonyl (C=O) groups is 1. The lowest BCUT2D eigenvalue weighted by atomic mass is 10.0. The summed E-state index contributed by atoms with van der Waals surface area (Å²) in [7, 11) is 0. The molecule has 0 unspecified atom stereocenters. The van der Waals surface area contributed by atoms with Gasteiger partial charge >= 0.3 is 0 Å². The van der Waals surface area contributed by atoms with Gasteiger partial charge in [0.2, 0.25) is 11.8 Å². The summed E-state index contributed by atoms with van der Waals surface area (Å²) in [6, 6.07) is 0. The largest absolute Gasteiger partial charge is 0.493 e. The molecule has 0 radical (unpaired) electrons. The minimum atomic E-state index is -0.351. The number of thioether (sulfide) groups is 1. The summed E-state index contributed by atoms with van der Waals surface area (Å²) < 4.78 is 0. The molecule has 0 spiro atoms. The lowest BCUT2D eigenvalue weighted by Gasteiger charge is -2.20. The van der Waals surface area contributed by atoms with Gasteiger partial charge in [-0.15, -0.1) is 0 Å². The predicted octanol–water partition coefficient (Wildman–Crippen LogP) is 2.00. The van der Waals surface area contributed by atoms with Crippen molar-refractivity contribution in [3.63, 3.8) is 0 Å². The van der Waals surface area contributed by atoms with Crippen molar-refractivity contribution in [1.29, 1.82) is 0 Å². The molecule has 1 aromatic rings. The third kappa shape index (κ3) is 5.41. The lowest BCUT2D eigenvalue weighted by Crippen LogP contribution is -2.41. The fourth-order valence-electron chi connectivity index (χ4n) is 1.76. The van der Waals surface area contributed by atoms with Gasteiger partial charge in [0.15, 0.2) is 5.16 Å². The summed E-state index contributed by atoms with van der Waals surface area (Å²) in [4.78, 5) is 30.2. The van der Waals surface area contributed by atoms with Crippen molar-refractivity contribution in [2.75, 3.05) is 5.75 Å². The number of nitrogens with one attached hydrogen (secondary N) is 2. The predicted molar refractivity (Wildman–Crippen MR) is 83.8 cm³/mol. The molecule has 1 atom stereocenters. The second-order valence-corrected chi connectivity index (χ2v) is 6.97. The number of aromatic amines is 1. The van der Waals surface area contributed by atoms with E-state index in [0.717, 1.165) is 18.2 Å². The molecule has 1 rings (SSSR count). The molecular weight excluding hydrogens is 290 g/mol. The van der Waals surface area contributed by atoms with E-state index in [-0.39, 0.29) is 39.7 Å². The van der Waals surface area contributed by atoms with Crippen molar-refractivity contribution >= 4 is 17.7 Å². The summed E-state index contributed by atoms with van der Waals surface area (Å²) in [5.74, 6) is -0.348. The van der Waals surface area contributed by atoms with Crippen LogP contribution < -0.4 is 10.9 Å². The van der Waals surface area contributed by atoms with E-state index < -0.39 is 0 Å². The fraction of sp³-hybridized carbons (Fsp3) is 0.643. The van der Waals surface area contributed by atoms with Crippen molar-refractivity contribution in [2.24, 2.45) is 0 Å². The quantitative estimate of drug-likeness (QED) is 0.571. The Balaban J connectivity index is 2.79. The molecule has 0 saturated heterocycles. The number of carbonyl (C=O) groups excluding carboxylic acids is 1. The SMILES string of the molecule is CC[C@H](C)c1c(O)nc(SCC(=O)NC(C)(C)C)[nH]c1=O. The average Bonchev–Trinajstić information content (AvgIpc) is 2.33. The first-order valence-corrected chi connectivity index (χ1v) is 7.89. The second-order valence-electron chi connectivity index (χ2n) is 6.00. The van der Waals surface area contributed by atoms with Crippen molar-refractivity contribution in [3.05, 3.63) is 15.9 Å². The van der Waals surface area contributed by atoms with E-state index in [2.05, 4.69) is 15.3 Å². The standard InChI is InChI=1S/C14H23N3O3S/c1-6-8(2)10-11(19)15-13(16-12(10)20)21-7-9(18)17-14(3,4)5/h8H,6-7H2,1-5H3,(H,17,18)(H2,15,16,19,20)/t8-/m0/s1. The molecule has 6 nitrogen and oxygen atoms in total. The molecule has 3 N–H and O–H groups in total. The molecule has 7 heteroatoms. The molecule has 0 saturated carbocycles. The van der Waals surface area contributed by atoms with Crippen molar-refractivity contribution in [2.45, 2.75) is 57.7 Å². The maximum Gasteiger partial charge on any atom is 0.258 e. The number of H-pyrrole nitrogens is 1. The Bertz CT molecular complexity index is 564. The Labute approximate surface area is 128 Å². The third-order valence-corrected chi connectivity index (χ3v) is 3.75. The Morgan fingerprint density at radius 3 is 2.57 bits per heavy atom. The first-order valence-electron chi connectivity index (χ1n) is 6.91. The van der Waals surface area contributed by atoms with Crippen molar-refractivity contribution < 1.29 is 9.90 Å². The van der Waals surface area contributed by atoms with Crippen LogP contribution in [0.15, 0.2) is 9.95 Å². The van der Waals surface area contributed by atoms with Crippen molar-refractivity contribution in [1.82, 2.24) is 15.3 Å². The Kier molecular flexibility index (Phi) is 5.83. The van der Waals surface area contributed by atoms with Gasteiger partial charge in [-0.1, -0.05) is 25.6 Å². The van der Waals surface area contributed by atoms with Gasteiger partial charge in [-0.25, -0.2) is 0 Å². The Morgan fingerprint density at radius 2 is 2.10 bits per heavy atom. The summed E-state index contributed by atoms with van der Waals surface area (Å²) in [5.41, 5.74) is -0.363. The number of amides is 1. The zero-order valence-electron chi connectivity index (χ0n) is 13.1. The highest BCUT2D eigenvalue weighted by atomic mass is 32.2. The molecule has 0 aliphatic heterocycles. The van der Waals surface area contributed by atoms with Crippen LogP contribution in [0.2, 0.25) is 0 Å². The van der Waals surface area contributed by atoms with Gasteiger partial charge in [0.05, 0.1) is 11.3 Å². The number of hydrogen-bond donors (Lipinski definition) is 3. The van der Waals surface area contributed by atoms with E-state index >= 15 is 0 Å².